The molecule has 1 aliphatic rings. The van der Waals surface area contributed by atoms with Gasteiger partial charge >= 0.3 is 0 Å². The van der Waals surface area contributed by atoms with Crippen molar-refractivity contribution in [2.45, 2.75) is 6.04 Å². The number of carbonyl (C=O) groups excluding carboxylic acids is 1. The Balaban J connectivity index is 2.53. The third-order valence-electron chi connectivity index (χ3n) is 2.55. The number of methoxy groups -OCH3 is 1. The normalized spacial score (nSPS) is 23.9. The predicted octanol–water partition coefficient (Wildman–Crippen LogP) is -1.27. The van der Waals surface area contributed by atoms with E-state index in [9.17, 15) is 4.79 Å². The van der Waals surface area contributed by atoms with Gasteiger partial charge in [0.25, 0.3) is 0 Å². The van der Waals surface area contributed by atoms with Crippen LogP contribution in [0.15, 0.2) is 0 Å². The van der Waals surface area contributed by atoms with E-state index in [0.717, 1.165) is 19.6 Å². The van der Waals surface area contributed by atoms with Gasteiger partial charge in [-0.3, -0.25) is 4.79 Å². The molecule has 0 spiro atoms. The molecule has 82 valence electrons. The summed E-state index contributed by atoms with van der Waals surface area (Å²) in [6.45, 7) is 3.18. The minimum absolute atomic E-state index is 0.0380. The molecule has 1 fully saturated rings. The number of hydrogen-bond acceptors (Lipinski definition) is 4. The van der Waals surface area contributed by atoms with Crippen molar-refractivity contribution in [1.29, 1.82) is 0 Å². The Bertz CT molecular complexity index is 198. The Labute approximate surface area is 84.8 Å². The quantitative estimate of drug-likeness (QED) is 0.619. The summed E-state index contributed by atoms with van der Waals surface area (Å²) in [7, 11) is 3.58. The highest BCUT2D eigenvalue weighted by Gasteiger charge is 2.27. The lowest BCUT2D eigenvalue weighted by Crippen LogP contribution is -2.57. The largest absolute Gasteiger partial charge is 0.375 e. The van der Waals surface area contributed by atoms with Crippen molar-refractivity contribution < 1.29 is 9.53 Å². The van der Waals surface area contributed by atoms with Gasteiger partial charge in [0.1, 0.15) is 6.61 Å². The number of rotatable bonds is 3. The number of nitrogens with zero attached hydrogens (tertiary/aromatic N) is 2. The topological polar surface area (TPSA) is 58.8 Å². The van der Waals surface area contributed by atoms with Crippen LogP contribution in [0.3, 0.4) is 0 Å². The molecule has 1 heterocycles. The number of ether oxygens (including phenoxy) is 1. The van der Waals surface area contributed by atoms with E-state index in [1.54, 1.807) is 0 Å². The minimum atomic E-state index is 0.0380. The minimum Gasteiger partial charge on any atom is -0.375 e. The van der Waals surface area contributed by atoms with Crippen LogP contribution in [0.2, 0.25) is 0 Å². The fraction of sp³-hybridized carbons (Fsp3) is 0.889. The molecule has 5 heteroatoms. The molecule has 1 unspecified atom stereocenters. The van der Waals surface area contributed by atoms with Crippen LogP contribution in [0.25, 0.3) is 0 Å². The van der Waals surface area contributed by atoms with Gasteiger partial charge in [-0.15, -0.1) is 0 Å². The number of carbonyl (C=O) groups is 1. The Morgan fingerprint density at radius 3 is 2.86 bits per heavy atom. The molecule has 1 saturated heterocycles. The lowest BCUT2D eigenvalue weighted by atomic mass is 10.1. The molecule has 2 N–H and O–H groups in total. The van der Waals surface area contributed by atoms with Crippen LogP contribution in [0, 0.1) is 0 Å². The van der Waals surface area contributed by atoms with E-state index < -0.39 is 0 Å². The van der Waals surface area contributed by atoms with E-state index >= 15 is 0 Å². The molecule has 1 aliphatic heterocycles. The first kappa shape index (κ1) is 11.4. The number of hydrogen-bond donors (Lipinski definition) is 1. The zero-order valence-electron chi connectivity index (χ0n) is 8.90. The standard InChI is InChI=1S/C9H19N3O2/c1-11-3-4-12(8(5-10)6-11)9(13)7-14-2/h8H,3-7,10H2,1-2H3. The maximum Gasteiger partial charge on any atom is 0.248 e. The van der Waals surface area contributed by atoms with Gasteiger partial charge in [-0.2, -0.15) is 0 Å². The fourth-order valence-corrected chi connectivity index (χ4v) is 1.75. The van der Waals surface area contributed by atoms with Gasteiger partial charge in [0.15, 0.2) is 0 Å². The summed E-state index contributed by atoms with van der Waals surface area (Å²) < 4.78 is 4.83. The van der Waals surface area contributed by atoms with E-state index in [0.29, 0.717) is 6.54 Å². The van der Waals surface area contributed by atoms with Crippen molar-refractivity contribution in [3.05, 3.63) is 0 Å². The van der Waals surface area contributed by atoms with Crippen LogP contribution in [0.5, 0.6) is 0 Å². The van der Waals surface area contributed by atoms with Crippen molar-refractivity contribution in [3.63, 3.8) is 0 Å². The van der Waals surface area contributed by atoms with E-state index in [1.807, 2.05) is 11.9 Å². The second-order valence-electron chi connectivity index (χ2n) is 3.67. The van der Waals surface area contributed by atoms with Crippen molar-refractivity contribution in [3.8, 4) is 0 Å². The summed E-state index contributed by atoms with van der Waals surface area (Å²) in [5, 5.41) is 0. The molecular weight excluding hydrogens is 182 g/mol. The number of amides is 1. The molecule has 0 aliphatic carbocycles. The number of nitrogens with two attached hydrogens (primary N) is 1. The zero-order chi connectivity index (χ0) is 10.6. The lowest BCUT2D eigenvalue weighted by molar-refractivity contribution is -0.139. The summed E-state index contributed by atoms with van der Waals surface area (Å²) in [4.78, 5) is 15.6. The van der Waals surface area contributed by atoms with Gasteiger partial charge in [0.2, 0.25) is 5.91 Å². The third kappa shape index (κ3) is 2.67. The van der Waals surface area contributed by atoms with Gasteiger partial charge in [-0.05, 0) is 7.05 Å². The molecule has 1 rings (SSSR count). The van der Waals surface area contributed by atoms with Gasteiger partial charge in [-0.1, -0.05) is 0 Å². The molecule has 5 nitrogen and oxygen atoms in total. The van der Waals surface area contributed by atoms with Gasteiger partial charge in [0.05, 0.1) is 6.04 Å². The molecule has 0 radical (unpaired) electrons. The summed E-state index contributed by atoms with van der Waals surface area (Å²) in [5.74, 6) is 0.0380. The molecule has 0 aromatic rings. The van der Waals surface area contributed by atoms with Crippen LogP contribution >= 0.6 is 0 Å². The summed E-state index contributed by atoms with van der Waals surface area (Å²) in [5.41, 5.74) is 5.63. The molecule has 1 atom stereocenters. The molecule has 0 saturated carbocycles. The first-order chi connectivity index (χ1) is 6.69. The number of likely N-dealkylation sites (N-methyl/N-ethyl adjacent to an activating group) is 1. The van der Waals surface area contributed by atoms with E-state index in [-0.39, 0.29) is 18.6 Å². The smallest absolute Gasteiger partial charge is 0.248 e. The van der Waals surface area contributed by atoms with E-state index in [2.05, 4.69) is 4.90 Å². The van der Waals surface area contributed by atoms with Crippen molar-refractivity contribution in [2.24, 2.45) is 5.73 Å². The predicted molar refractivity (Wildman–Crippen MR) is 53.9 cm³/mol. The van der Waals surface area contributed by atoms with Crippen molar-refractivity contribution >= 4 is 5.91 Å². The second-order valence-corrected chi connectivity index (χ2v) is 3.67. The zero-order valence-corrected chi connectivity index (χ0v) is 8.90. The van der Waals surface area contributed by atoms with Crippen molar-refractivity contribution in [2.75, 3.05) is 46.9 Å². The summed E-state index contributed by atoms with van der Waals surface area (Å²) in [6.07, 6.45) is 0. The fourth-order valence-electron chi connectivity index (χ4n) is 1.75. The van der Waals surface area contributed by atoms with Crippen molar-refractivity contribution in [1.82, 2.24) is 9.80 Å². The first-order valence-electron chi connectivity index (χ1n) is 4.86. The third-order valence-corrected chi connectivity index (χ3v) is 2.55. The van der Waals surface area contributed by atoms with E-state index in [1.165, 1.54) is 7.11 Å². The molecule has 0 aromatic heterocycles. The molecule has 0 bridgehead atoms. The van der Waals surface area contributed by atoms with Gasteiger partial charge in [0, 0.05) is 33.3 Å². The highest BCUT2D eigenvalue weighted by Crippen LogP contribution is 2.07. The highest BCUT2D eigenvalue weighted by molar-refractivity contribution is 5.78. The van der Waals surface area contributed by atoms with Gasteiger partial charge in [-0.25, -0.2) is 0 Å². The maximum absolute atomic E-state index is 11.6. The Hall–Kier alpha value is -0.650. The van der Waals surface area contributed by atoms with Crippen LogP contribution in [0.1, 0.15) is 0 Å². The van der Waals surface area contributed by atoms with E-state index in [4.69, 9.17) is 10.5 Å². The van der Waals surface area contributed by atoms with Gasteiger partial charge < -0.3 is 20.3 Å². The first-order valence-corrected chi connectivity index (χ1v) is 4.86. The van der Waals surface area contributed by atoms with Crippen LogP contribution in [-0.2, 0) is 9.53 Å². The monoisotopic (exact) mass is 201 g/mol. The maximum atomic E-state index is 11.6. The molecular formula is C9H19N3O2. The Morgan fingerprint density at radius 2 is 2.29 bits per heavy atom. The second kappa shape index (κ2) is 5.29. The van der Waals surface area contributed by atoms with Crippen LogP contribution in [-0.4, -0.2) is 68.7 Å². The average Bonchev–Trinajstić information content (AvgIpc) is 2.17. The lowest BCUT2D eigenvalue weighted by Gasteiger charge is -2.39. The SMILES string of the molecule is COCC(=O)N1CCN(C)CC1CN. The Kier molecular flexibility index (Phi) is 4.31. The Morgan fingerprint density at radius 1 is 1.57 bits per heavy atom. The number of piperazine rings is 1. The average molecular weight is 201 g/mol. The molecule has 1 amide bonds. The molecule has 0 aromatic carbocycles. The highest BCUT2D eigenvalue weighted by atomic mass is 16.5. The van der Waals surface area contributed by atoms with Crippen LogP contribution < -0.4 is 5.73 Å². The molecule has 14 heavy (non-hydrogen) atoms. The summed E-state index contributed by atoms with van der Waals surface area (Å²) >= 11 is 0. The van der Waals surface area contributed by atoms with Crippen LogP contribution in [0.4, 0.5) is 0 Å². The summed E-state index contributed by atoms with van der Waals surface area (Å²) in [6, 6.07) is 0.136.